The molecule has 0 spiro atoms. The summed E-state index contributed by atoms with van der Waals surface area (Å²) in [5.74, 6) is -0.616. The van der Waals surface area contributed by atoms with Crippen LogP contribution in [0.4, 0.5) is 4.39 Å². The monoisotopic (exact) mass is 395 g/mol. The molecule has 8 heteroatoms. The molecular formula is C19H19ClFNO5. The van der Waals surface area contributed by atoms with Gasteiger partial charge in [0.1, 0.15) is 23.9 Å². The second-order valence-corrected chi connectivity index (χ2v) is 5.91. The van der Waals surface area contributed by atoms with Crippen molar-refractivity contribution in [1.82, 2.24) is 5.32 Å². The van der Waals surface area contributed by atoms with E-state index in [2.05, 4.69) is 5.32 Å². The van der Waals surface area contributed by atoms with Gasteiger partial charge in [-0.25, -0.2) is 9.18 Å². The number of rotatable bonds is 9. The quantitative estimate of drug-likeness (QED) is 0.522. The molecule has 0 saturated carbocycles. The molecule has 0 aromatic heterocycles. The molecule has 0 fully saturated rings. The topological polar surface area (TPSA) is 73.9 Å². The standard InChI is InChI=1S/C19H19ClFNO5/c1-13(27-17-8-4-15(21)5-9-17)19(24)26-12-18(23)22-10-11-25-16-6-2-14(20)3-7-16/h2-9,13H,10-12H2,1H3,(H,22,23)/t13-/m0/s1. The fraction of sp³-hybridized carbons (Fsp3) is 0.263. The molecule has 1 atom stereocenters. The minimum atomic E-state index is -0.934. The normalized spacial score (nSPS) is 11.4. The zero-order valence-corrected chi connectivity index (χ0v) is 15.4. The van der Waals surface area contributed by atoms with E-state index >= 15 is 0 Å². The van der Waals surface area contributed by atoms with Gasteiger partial charge in [0.15, 0.2) is 12.7 Å². The van der Waals surface area contributed by atoms with Crippen molar-refractivity contribution in [3.8, 4) is 11.5 Å². The molecule has 0 saturated heterocycles. The number of nitrogens with one attached hydrogen (secondary N) is 1. The van der Waals surface area contributed by atoms with Gasteiger partial charge in [0, 0.05) is 5.02 Å². The number of halogens is 2. The van der Waals surface area contributed by atoms with Crippen LogP contribution in [0.15, 0.2) is 48.5 Å². The first kappa shape index (κ1) is 20.5. The number of esters is 1. The van der Waals surface area contributed by atoms with E-state index in [9.17, 15) is 14.0 Å². The Balaban J connectivity index is 1.61. The number of carbonyl (C=O) groups is 2. The largest absolute Gasteiger partial charge is 0.492 e. The lowest BCUT2D eigenvalue weighted by Gasteiger charge is -2.14. The van der Waals surface area contributed by atoms with Gasteiger partial charge in [-0.2, -0.15) is 0 Å². The zero-order chi connectivity index (χ0) is 19.6. The average Bonchev–Trinajstić information content (AvgIpc) is 2.66. The van der Waals surface area contributed by atoms with Crippen molar-refractivity contribution in [2.45, 2.75) is 13.0 Å². The smallest absolute Gasteiger partial charge is 0.347 e. The molecule has 0 aliphatic rings. The summed E-state index contributed by atoms with van der Waals surface area (Å²) in [4.78, 5) is 23.5. The SMILES string of the molecule is C[C@H](Oc1ccc(F)cc1)C(=O)OCC(=O)NCCOc1ccc(Cl)cc1. The number of amides is 1. The molecule has 0 aliphatic heterocycles. The maximum Gasteiger partial charge on any atom is 0.347 e. The Morgan fingerprint density at radius 3 is 2.37 bits per heavy atom. The van der Waals surface area contributed by atoms with Gasteiger partial charge in [-0.3, -0.25) is 4.79 Å². The van der Waals surface area contributed by atoms with Gasteiger partial charge < -0.3 is 19.5 Å². The van der Waals surface area contributed by atoms with Crippen molar-refractivity contribution < 1.29 is 28.2 Å². The molecule has 0 radical (unpaired) electrons. The van der Waals surface area contributed by atoms with E-state index in [0.717, 1.165) is 0 Å². The summed E-state index contributed by atoms with van der Waals surface area (Å²) in [6, 6.07) is 12.1. The van der Waals surface area contributed by atoms with Crippen LogP contribution in [-0.2, 0) is 14.3 Å². The van der Waals surface area contributed by atoms with Crippen LogP contribution in [-0.4, -0.2) is 37.7 Å². The summed E-state index contributed by atoms with van der Waals surface area (Å²) in [6.45, 7) is 1.55. The molecule has 2 aromatic rings. The first-order valence-corrected chi connectivity index (χ1v) is 8.56. The van der Waals surface area contributed by atoms with Crippen molar-refractivity contribution >= 4 is 23.5 Å². The number of hydrogen-bond donors (Lipinski definition) is 1. The van der Waals surface area contributed by atoms with Crippen molar-refractivity contribution in [1.29, 1.82) is 0 Å². The fourth-order valence-corrected chi connectivity index (χ4v) is 2.09. The lowest BCUT2D eigenvalue weighted by Crippen LogP contribution is -2.34. The molecule has 1 N–H and O–H groups in total. The van der Waals surface area contributed by atoms with E-state index in [0.29, 0.717) is 16.5 Å². The van der Waals surface area contributed by atoms with Crippen LogP contribution < -0.4 is 14.8 Å². The molecule has 1 amide bonds. The van der Waals surface area contributed by atoms with E-state index in [1.54, 1.807) is 24.3 Å². The van der Waals surface area contributed by atoms with Crippen LogP contribution in [0.25, 0.3) is 0 Å². The van der Waals surface area contributed by atoms with E-state index in [1.165, 1.54) is 31.2 Å². The maximum absolute atomic E-state index is 12.8. The molecule has 0 aliphatic carbocycles. The second kappa shape index (κ2) is 10.4. The first-order valence-electron chi connectivity index (χ1n) is 8.18. The zero-order valence-electron chi connectivity index (χ0n) is 14.6. The van der Waals surface area contributed by atoms with Crippen LogP contribution in [0.3, 0.4) is 0 Å². The van der Waals surface area contributed by atoms with Crippen molar-refractivity contribution in [3.05, 3.63) is 59.4 Å². The Bertz CT molecular complexity index is 752. The van der Waals surface area contributed by atoms with Gasteiger partial charge in [0.05, 0.1) is 6.54 Å². The van der Waals surface area contributed by atoms with Gasteiger partial charge in [-0.15, -0.1) is 0 Å². The van der Waals surface area contributed by atoms with Crippen LogP contribution in [0.1, 0.15) is 6.92 Å². The van der Waals surface area contributed by atoms with Gasteiger partial charge in [-0.1, -0.05) is 11.6 Å². The van der Waals surface area contributed by atoms with Crippen LogP contribution in [0.2, 0.25) is 5.02 Å². The molecule has 27 heavy (non-hydrogen) atoms. The summed E-state index contributed by atoms with van der Waals surface area (Å²) in [5.41, 5.74) is 0. The lowest BCUT2D eigenvalue weighted by atomic mass is 10.3. The Kier molecular flexibility index (Phi) is 7.88. The highest BCUT2D eigenvalue weighted by molar-refractivity contribution is 6.30. The van der Waals surface area contributed by atoms with Crippen LogP contribution in [0.5, 0.6) is 11.5 Å². The Labute approximate surface area is 161 Å². The number of benzene rings is 2. The molecule has 0 bridgehead atoms. The highest BCUT2D eigenvalue weighted by Gasteiger charge is 2.17. The lowest BCUT2D eigenvalue weighted by molar-refractivity contribution is -0.154. The molecule has 2 rings (SSSR count). The third-order valence-electron chi connectivity index (χ3n) is 3.31. The predicted octanol–water partition coefficient (Wildman–Crippen LogP) is 2.98. The average molecular weight is 396 g/mol. The molecular weight excluding hydrogens is 377 g/mol. The van der Waals surface area contributed by atoms with Gasteiger partial charge >= 0.3 is 5.97 Å². The summed E-state index contributed by atoms with van der Waals surface area (Å²) in [6.07, 6.45) is -0.934. The van der Waals surface area contributed by atoms with E-state index in [1.807, 2.05) is 0 Å². The Morgan fingerprint density at radius 2 is 1.70 bits per heavy atom. The van der Waals surface area contributed by atoms with Gasteiger partial charge in [0.25, 0.3) is 5.91 Å². The highest BCUT2D eigenvalue weighted by atomic mass is 35.5. The van der Waals surface area contributed by atoms with E-state index < -0.39 is 30.4 Å². The molecule has 0 heterocycles. The number of carbonyl (C=O) groups excluding carboxylic acids is 2. The second-order valence-electron chi connectivity index (χ2n) is 5.47. The first-order chi connectivity index (χ1) is 12.9. The van der Waals surface area contributed by atoms with Gasteiger partial charge in [0.2, 0.25) is 0 Å². The Hall–Kier alpha value is -2.80. The summed E-state index contributed by atoms with van der Waals surface area (Å²) >= 11 is 5.77. The van der Waals surface area contributed by atoms with Crippen LogP contribution in [0, 0.1) is 5.82 Å². The molecule has 2 aromatic carbocycles. The summed E-state index contributed by atoms with van der Waals surface area (Å²) in [7, 11) is 0. The van der Waals surface area contributed by atoms with Crippen molar-refractivity contribution in [2.24, 2.45) is 0 Å². The number of hydrogen-bond acceptors (Lipinski definition) is 5. The number of ether oxygens (including phenoxy) is 3. The van der Waals surface area contributed by atoms with E-state index in [4.69, 9.17) is 25.8 Å². The summed E-state index contributed by atoms with van der Waals surface area (Å²) < 4.78 is 28.5. The van der Waals surface area contributed by atoms with Crippen molar-refractivity contribution in [2.75, 3.05) is 19.8 Å². The molecule has 144 valence electrons. The van der Waals surface area contributed by atoms with Crippen molar-refractivity contribution in [3.63, 3.8) is 0 Å². The predicted molar refractivity (Wildman–Crippen MR) is 97.4 cm³/mol. The minimum Gasteiger partial charge on any atom is -0.492 e. The fourth-order valence-electron chi connectivity index (χ4n) is 1.96. The highest BCUT2D eigenvalue weighted by Crippen LogP contribution is 2.15. The Morgan fingerprint density at radius 1 is 1.07 bits per heavy atom. The summed E-state index contributed by atoms with van der Waals surface area (Å²) in [5, 5.41) is 3.17. The van der Waals surface area contributed by atoms with E-state index in [-0.39, 0.29) is 13.2 Å². The van der Waals surface area contributed by atoms with Crippen LogP contribution >= 0.6 is 11.6 Å². The third-order valence-corrected chi connectivity index (χ3v) is 3.56. The molecule has 6 nitrogen and oxygen atoms in total. The van der Waals surface area contributed by atoms with Gasteiger partial charge in [-0.05, 0) is 55.5 Å². The molecule has 0 unspecified atom stereocenters. The third kappa shape index (κ3) is 7.53. The minimum absolute atomic E-state index is 0.251. The maximum atomic E-state index is 12.8.